The molecular formula is C31H30N4O4S. The fraction of sp³-hybridized carbons (Fsp3) is 0.258. The van der Waals surface area contributed by atoms with Gasteiger partial charge in [0.1, 0.15) is 0 Å². The third-order valence-corrected chi connectivity index (χ3v) is 9.47. The monoisotopic (exact) mass is 554 g/mol. The second-order valence-electron chi connectivity index (χ2n) is 11.0. The number of carbonyl (C=O) groups is 1. The molecule has 0 unspecified atom stereocenters. The summed E-state index contributed by atoms with van der Waals surface area (Å²) in [7, 11) is -4.15. The third-order valence-electron chi connectivity index (χ3n) is 8.14. The molecule has 0 saturated heterocycles. The van der Waals surface area contributed by atoms with Crippen molar-refractivity contribution in [1.29, 1.82) is 0 Å². The number of amides is 1. The molecule has 3 aromatic carbocycles. The number of aryl methyl sites for hydroxylation is 2. The van der Waals surface area contributed by atoms with E-state index in [1.54, 1.807) is 6.07 Å². The molecule has 3 aliphatic carbocycles. The van der Waals surface area contributed by atoms with E-state index in [0.717, 1.165) is 28.2 Å². The zero-order valence-electron chi connectivity index (χ0n) is 22.3. The Morgan fingerprint density at radius 3 is 2.27 bits per heavy atom. The highest BCUT2D eigenvalue weighted by Crippen LogP contribution is 2.65. The van der Waals surface area contributed by atoms with Gasteiger partial charge in [-0.05, 0) is 84.9 Å². The lowest BCUT2D eigenvalue weighted by atomic mass is 9.42. The molecule has 204 valence electrons. The number of hydrogen-bond acceptors (Lipinski definition) is 6. The van der Waals surface area contributed by atoms with Crippen LogP contribution in [0, 0.1) is 19.8 Å². The molecule has 1 amide bonds. The molecule has 40 heavy (non-hydrogen) atoms. The van der Waals surface area contributed by atoms with Gasteiger partial charge in [0.25, 0.3) is 15.9 Å². The van der Waals surface area contributed by atoms with Crippen LogP contribution in [0.5, 0.6) is 5.88 Å². The highest BCUT2D eigenvalue weighted by Gasteiger charge is 2.57. The van der Waals surface area contributed by atoms with Crippen LogP contribution >= 0.6 is 0 Å². The quantitative estimate of drug-likeness (QED) is 0.274. The number of sulfonamides is 1. The first-order valence-electron chi connectivity index (χ1n) is 13.3. The van der Waals surface area contributed by atoms with Gasteiger partial charge in [-0.15, -0.1) is 0 Å². The van der Waals surface area contributed by atoms with Gasteiger partial charge in [0.15, 0.2) is 0 Å². The molecule has 1 aromatic heterocycles. The van der Waals surface area contributed by atoms with Gasteiger partial charge in [-0.25, -0.2) is 18.1 Å². The number of hydrogen-bond donors (Lipinski definition) is 3. The molecule has 3 fully saturated rings. The lowest BCUT2D eigenvalue weighted by Crippen LogP contribution is -2.55. The summed E-state index contributed by atoms with van der Waals surface area (Å²) in [6, 6.07) is 21.3. The van der Waals surface area contributed by atoms with Crippen molar-refractivity contribution in [2.45, 2.75) is 50.0 Å². The minimum absolute atomic E-state index is 0.122. The lowest BCUT2D eigenvalue weighted by Gasteiger charge is -2.62. The summed E-state index contributed by atoms with van der Waals surface area (Å²) >= 11 is 0. The Balaban J connectivity index is 1.15. The number of anilines is 1. The summed E-state index contributed by atoms with van der Waals surface area (Å²) in [6.45, 7) is 4.16. The van der Waals surface area contributed by atoms with Gasteiger partial charge in [0.05, 0.1) is 10.6 Å². The fourth-order valence-corrected chi connectivity index (χ4v) is 6.89. The van der Waals surface area contributed by atoms with Crippen LogP contribution in [0.15, 0.2) is 77.7 Å². The molecular weight excluding hydrogens is 524 g/mol. The van der Waals surface area contributed by atoms with E-state index in [9.17, 15) is 18.3 Å². The van der Waals surface area contributed by atoms with Gasteiger partial charge in [-0.3, -0.25) is 4.79 Å². The maximum absolute atomic E-state index is 13.2. The number of aromatic nitrogens is 2. The third kappa shape index (κ3) is 4.81. The molecule has 0 atom stereocenters. The lowest BCUT2D eigenvalue weighted by molar-refractivity contribution is -0.0274. The first-order valence-corrected chi connectivity index (χ1v) is 14.8. The van der Waals surface area contributed by atoms with E-state index in [2.05, 4.69) is 32.1 Å². The van der Waals surface area contributed by atoms with Crippen molar-refractivity contribution in [3.63, 3.8) is 0 Å². The van der Waals surface area contributed by atoms with Crippen LogP contribution in [0.1, 0.15) is 51.9 Å². The first-order chi connectivity index (χ1) is 19.1. The van der Waals surface area contributed by atoms with E-state index in [-0.39, 0.29) is 28.2 Å². The van der Waals surface area contributed by atoms with Gasteiger partial charge in [0, 0.05) is 23.7 Å². The van der Waals surface area contributed by atoms with Gasteiger partial charge in [0.2, 0.25) is 11.8 Å². The van der Waals surface area contributed by atoms with E-state index in [4.69, 9.17) is 0 Å². The normalized spacial score (nSPS) is 19.3. The van der Waals surface area contributed by atoms with Crippen LogP contribution in [0.2, 0.25) is 0 Å². The zero-order valence-corrected chi connectivity index (χ0v) is 23.1. The van der Waals surface area contributed by atoms with Crippen LogP contribution < -0.4 is 10.0 Å². The SMILES string of the molecule is Cc1cccc(C)c1-c1cc(O)nc(NS(=O)(=O)c2cccc(C(=O)NCc3ccc(C45CC(C4)C5)cc3)c2)n1. The van der Waals surface area contributed by atoms with Crippen LogP contribution in [0.4, 0.5) is 5.95 Å². The highest BCUT2D eigenvalue weighted by molar-refractivity contribution is 7.92. The molecule has 1 heterocycles. The summed E-state index contributed by atoms with van der Waals surface area (Å²) in [5.41, 5.74) is 6.01. The average Bonchev–Trinajstić information content (AvgIpc) is 2.86. The van der Waals surface area contributed by atoms with Crippen LogP contribution in [0.3, 0.4) is 0 Å². The van der Waals surface area contributed by atoms with E-state index in [0.29, 0.717) is 17.7 Å². The highest BCUT2D eigenvalue weighted by atomic mass is 32.2. The zero-order chi connectivity index (χ0) is 28.1. The molecule has 7 rings (SSSR count). The maximum atomic E-state index is 13.2. The Kier molecular flexibility index (Phi) is 6.34. The number of nitrogens with one attached hydrogen (secondary N) is 2. The van der Waals surface area contributed by atoms with E-state index < -0.39 is 10.0 Å². The Bertz CT molecular complexity index is 1700. The number of benzene rings is 3. The van der Waals surface area contributed by atoms with E-state index >= 15 is 0 Å². The van der Waals surface area contributed by atoms with Crippen LogP contribution in [-0.2, 0) is 22.0 Å². The fourth-order valence-electron chi connectivity index (χ4n) is 5.90. The summed E-state index contributed by atoms with van der Waals surface area (Å²) in [5.74, 6) is -0.0987. The maximum Gasteiger partial charge on any atom is 0.264 e. The minimum atomic E-state index is -4.15. The van der Waals surface area contributed by atoms with Crippen LogP contribution in [0.25, 0.3) is 11.3 Å². The molecule has 0 radical (unpaired) electrons. The standard InChI is InChI=1S/C31H30N4O4S/c1-19-5-3-6-20(2)28(19)26-14-27(36)34-30(33-26)35-40(38,39)25-8-4-7-23(13-25)29(37)32-18-21-9-11-24(12-10-21)31-15-22(16-31)17-31/h3-14,22H,15-18H2,1-2H3,(H,32,37)(H2,33,34,35,36). The van der Waals surface area contributed by atoms with Crippen LogP contribution in [-0.4, -0.2) is 29.4 Å². The molecule has 2 bridgehead atoms. The topological polar surface area (TPSA) is 121 Å². The number of aromatic hydroxyl groups is 1. The molecule has 3 saturated carbocycles. The van der Waals surface area contributed by atoms with E-state index in [1.807, 2.05) is 44.2 Å². The minimum Gasteiger partial charge on any atom is -0.493 e. The predicted molar refractivity (Wildman–Crippen MR) is 152 cm³/mol. The predicted octanol–water partition coefficient (Wildman–Crippen LogP) is 5.25. The second kappa shape index (κ2) is 9.75. The molecule has 8 nitrogen and oxygen atoms in total. The molecule has 9 heteroatoms. The molecule has 4 aromatic rings. The number of rotatable bonds is 8. The smallest absolute Gasteiger partial charge is 0.264 e. The van der Waals surface area contributed by atoms with Gasteiger partial charge in [-0.2, -0.15) is 4.98 Å². The summed E-state index contributed by atoms with van der Waals surface area (Å²) < 4.78 is 28.7. The van der Waals surface area contributed by atoms with Crippen molar-refractivity contribution in [2.24, 2.45) is 5.92 Å². The molecule has 3 aliphatic rings. The second-order valence-corrected chi connectivity index (χ2v) is 12.7. The Morgan fingerprint density at radius 1 is 0.950 bits per heavy atom. The Hall–Kier alpha value is -4.24. The largest absolute Gasteiger partial charge is 0.493 e. The van der Waals surface area contributed by atoms with Crippen molar-refractivity contribution in [3.8, 4) is 17.1 Å². The summed E-state index contributed by atoms with van der Waals surface area (Å²) in [5, 5.41) is 13.1. The first kappa shape index (κ1) is 26.0. The van der Waals surface area contributed by atoms with Gasteiger partial charge in [-0.1, -0.05) is 48.5 Å². The Labute approximate surface area is 233 Å². The molecule has 0 spiro atoms. The number of carbonyl (C=O) groups excluding carboxylic acids is 1. The Morgan fingerprint density at radius 2 is 1.62 bits per heavy atom. The van der Waals surface area contributed by atoms with Gasteiger partial charge < -0.3 is 10.4 Å². The molecule has 3 N–H and O–H groups in total. The summed E-state index contributed by atoms with van der Waals surface area (Å²) in [6.07, 6.45) is 3.88. The number of nitrogens with zero attached hydrogens (tertiary/aromatic N) is 2. The molecule has 0 aliphatic heterocycles. The van der Waals surface area contributed by atoms with E-state index in [1.165, 1.54) is 49.1 Å². The summed E-state index contributed by atoms with van der Waals surface area (Å²) in [4.78, 5) is 21.0. The van der Waals surface area contributed by atoms with Crippen molar-refractivity contribution in [2.75, 3.05) is 4.72 Å². The van der Waals surface area contributed by atoms with Crippen molar-refractivity contribution in [3.05, 3.63) is 101 Å². The van der Waals surface area contributed by atoms with Gasteiger partial charge >= 0.3 is 0 Å². The van der Waals surface area contributed by atoms with Crippen molar-refractivity contribution in [1.82, 2.24) is 15.3 Å². The van der Waals surface area contributed by atoms with Crippen molar-refractivity contribution >= 4 is 21.9 Å². The average molecular weight is 555 g/mol. The van der Waals surface area contributed by atoms with Crippen molar-refractivity contribution < 1.29 is 18.3 Å².